The van der Waals surface area contributed by atoms with Crippen LogP contribution in [-0.2, 0) is 16.2 Å². The summed E-state index contributed by atoms with van der Waals surface area (Å²) in [5, 5.41) is 2.14. The van der Waals surface area contributed by atoms with Crippen LogP contribution in [0.5, 0.6) is 17.2 Å². The minimum atomic E-state index is -0.898. The summed E-state index contributed by atoms with van der Waals surface area (Å²) in [7, 11) is 0. The number of carbonyl (C=O) groups is 3. The standard InChI is InChI=1S/C25H16FIN2O6/c26-16-3-5-17(6-4-16)29-24(31)18(23(30)28-25(29)32)9-14-1-7-20(19(27)10-14)33-12-15-2-8-21-22(11-15)35-13-34-21/h1-11H,12-13H2,(H,28,30,32)/b18-9+. The van der Waals surface area contributed by atoms with Gasteiger partial charge in [0, 0.05) is 0 Å². The minimum absolute atomic E-state index is 0.147. The molecule has 3 aromatic rings. The summed E-state index contributed by atoms with van der Waals surface area (Å²) in [6.07, 6.45) is 1.39. The Balaban J connectivity index is 1.34. The van der Waals surface area contributed by atoms with E-state index in [2.05, 4.69) is 27.9 Å². The number of nitrogens with one attached hydrogen (secondary N) is 1. The van der Waals surface area contributed by atoms with Gasteiger partial charge in [0.15, 0.2) is 11.5 Å². The maximum atomic E-state index is 13.3. The normalized spacial score (nSPS) is 16.0. The van der Waals surface area contributed by atoms with E-state index >= 15 is 0 Å². The summed E-state index contributed by atoms with van der Waals surface area (Å²) < 4.78 is 30.6. The van der Waals surface area contributed by atoms with Crippen LogP contribution in [0.25, 0.3) is 6.08 Å². The van der Waals surface area contributed by atoms with Crippen LogP contribution in [0.2, 0.25) is 0 Å². The number of nitrogens with zero attached hydrogens (tertiary/aromatic N) is 1. The predicted octanol–water partition coefficient (Wildman–Crippen LogP) is 4.40. The van der Waals surface area contributed by atoms with Crippen molar-refractivity contribution >= 4 is 52.2 Å². The van der Waals surface area contributed by atoms with E-state index in [1.165, 1.54) is 18.2 Å². The number of ether oxygens (including phenoxy) is 3. The van der Waals surface area contributed by atoms with Gasteiger partial charge in [-0.05, 0) is 88.3 Å². The Morgan fingerprint density at radius 2 is 1.77 bits per heavy atom. The average Bonchev–Trinajstić information content (AvgIpc) is 3.30. The Labute approximate surface area is 212 Å². The molecule has 3 aromatic carbocycles. The van der Waals surface area contributed by atoms with Gasteiger partial charge in [-0.25, -0.2) is 14.1 Å². The quantitative estimate of drug-likeness (QED) is 0.271. The second-order valence-electron chi connectivity index (χ2n) is 7.60. The first-order valence-corrected chi connectivity index (χ1v) is 11.4. The van der Waals surface area contributed by atoms with E-state index < -0.39 is 23.7 Å². The van der Waals surface area contributed by atoms with Crippen LogP contribution < -0.4 is 24.4 Å². The van der Waals surface area contributed by atoms with Crippen molar-refractivity contribution in [2.24, 2.45) is 0 Å². The zero-order valence-electron chi connectivity index (χ0n) is 17.9. The number of imide groups is 2. The van der Waals surface area contributed by atoms with Crippen LogP contribution in [0.3, 0.4) is 0 Å². The van der Waals surface area contributed by atoms with E-state index in [1.807, 2.05) is 18.2 Å². The molecule has 2 aliphatic rings. The Morgan fingerprint density at radius 3 is 2.54 bits per heavy atom. The van der Waals surface area contributed by atoms with Crippen molar-refractivity contribution in [1.29, 1.82) is 0 Å². The summed E-state index contributed by atoms with van der Waals surface area (Å²) in [6.45, 7) is 0.508. The number of benzene rings is 3. The molecule has 35 heavy (non-hydrogen) atoms. The van der Waals surface area contributed by atoms with Gasteiger partial charge in [-0.1, -0.05) is 12.1 Å². The number of hydrogen-bond donors (Lipinski definition) is 1. The molecule has 4 amide bonds. The molecule has 1 fully saturated rings. The van der Waals surface area contributed by atoms with Gasteiger partial charge in [0.25, 0.3) is 11.8 Å². The molecule has 8 nitrogen and oxygen atoms in total. The van der Waals surface area contributed by atoms with Crippen LogP contribution in [0, 0.1) is 9.39 Å². The summed E-state index contributed by atoms with van der Waals surface area (Å²) in [4.78, 5) is 38.4. The Bertz CT molecular complexity index is 1390. The van der Waals surface area contributed by atoms with Crippen LogP contribution in [0.15, 0.2) is 66.2 Å². The van der Waals surface area contributed by atoms with Crippen molar-refractivity contribution in [2.75, 3.05) is 11.7 Å². The molecular weight excluding hydrogens is 570 g/mol. The molecule has 0 saturated carbocycles. The molecule has 0 aliphatic carbocycles. The van der Waals surface area contributed by atoms with E-state index in [1.54, 1.807) is 18.2 Å². The van der Waals surface area contributed by atoms with Gasteiger partial charge in [0.1, 0.15) is 23.7 Å². The van der Waals surface area contributed by atoms with E-state index in [0.29, 0.717) is 29.4 Å². The highest BCUT2D eigenvalue weighted by Gasteiger charge is 2.36. The van der Waals surface area contributed by atoms with E-state index in [0.717, 1.165) is 26.2 Å². The summed E-state index contributed by atoms with van der Waals surface area (Å²) in [5.74, 6) is -0.137. The molecule has 0 bridgehead atoms. The molecule has 2 aliphatic heterocycles. The molecule has 1 saturated heterocycles. The van der Waals surface area contributed by atoms with Crippen molar-refractivity contribution in [3.05, 3.63) is 86.8 Å². The fraction of sp³-hybridized carbons (Fsp3) is 0.0800. The van der Waals surface area contributed by atoms with Gasteiger partial charge in [0.05, 0.1) is 9.26 Å². The van der Waals surface area contributed by atoms with E-state index in [9.17, 15) is 18.8 Å². The first-order chi connectivity index (χ1) is 16.9. The molecule has 0 radical (unpaired) electrons. The maximum Gasteiger partial charge on any atom is 0.335 e. The van der Waals surface area contributed by atoms with Gasteiger partial charge in [0.2, 0.25) is 6.79 Å². The van der Waals surface area contributed by atoms with Crippen LogP contribution in [0.4, 0.5) is 14.9 Å². The van der Waals surface area contributed by atoms with Gasteiger partial charge in [-0.2, -0.15) is 0 Å². The summed E-state index contributed by atoms with van der Waals surface area (Å²) >= 11 is 2.10. The smallest absolute Gasteiger partial charge is 0.335 e. The SMILES string of the molecule is O=C1NC(=O)N(c2ccc(F)cc2)C(=O)/C1=C/c1ccc(OCc2ccc3c(c2)OCO3)c(I)c1. The highest BCUT2D eigenvalue weighted by molar-refractivity contribution is 14.1. The fourth-order valence-electron chi connectivity index (χ4n) is 3.56. The lowest BCUT2D eigenvalue weighted by Gasteiger charge is -2.26. The molecule has 0 spiro atoms. The molecule has 10 heteroatoms. The third-order valence-corrected chi connectivity index (χ3v) is 6.13. The third-order valence-electron chi connectivity index (χ3n) is 5.28. The Morgan fingerprint density at radius 1 is 1.00 bits per heavy atom. The molecule has 0 aromatic heterocycles. The molecule has 176 valence electrons. The van der Waals surface area contributed by atoms with Crippen molar-refractivity contribution in [1.82, 2.24) is 5.32 Å². The number of urea groups is 1. The topological polar surface area (TPSA) is 94.2 Å². The average molecular weight is 586 g/mol. The van der Waals surface area contributed by atoms with Crippen LogP contribution in [0.1, 0.15) is 11.1 Å². The highest BCUT2D eigenvalue weighted by Crippen LogP contribution is 2.33. The van der Waals surface area contributed by atoms with Gasteiger partial charge in [-0.3, -0.25) is 14.9 Å². The predicted molar refractivity (Wildman–Crippen MR) is 131 cm³/mol. The number of rotatable bonds is 5. The number of barbiturate groups is 1. The van der Waals surface area contributed by atoms with Crippen molar-refractivity contribution < 1.29 is 33.0 Å². The van der Waals surface area contributed by atoms with Crippen molar-refractivity contribution in [2.45, 2.75) is 6.61 Å². The van der Waals surface area contributed by atoms with Gasteiger partial charge >= 0.3 is 6.03 Å². The van der Waals surface area contributed by atoms with Crippen molar-refractivity contribution in [3.63, 3.8) is 0 Å². The first kappa shape index (κ1) is 22.8. The second kappa shape index (κ2) is 9.37. The second-order valence-corrected chi connectivity index (χ2v) is 8.76. The fourth-order valence-corrected chi connectivity index (χ4v) is 4.26. The lowest BCUT2D eigenvalue weighted by atomic mass is 10.1. The monoisotopic (exact) mass is 586 g/mol. The molecule has 0 atom stereocenters. The number of fused-ring (bicyclic) bond motifs is 1. The van der Waals surface area contributed by atoms with Crippen molar-refractivity contribution in [3.8, 4) is 17.2 Å². The molecule has 0 unspecified atom stereocenters. The molecule has 5 rings (SSSR count). The summed E-state index contributed by atoms with van der Waals surface area (Å²) in [5.41, 5.74) is 1.40. The van der Waals surface area contributed by atoms with Gasteiger partial charge in [-0.15, -0.1) is 0 Å². The van der Waals surface area contributed by atoms with E-state index in [4.69, 9.17) is 14.2 Å². The highest BCUT2D eigenvalue weighted by atomic mass is 127. The third kappa shape index (κ3) is 4.69. The number of anilines is 1. The van der Waals surface area contributed by atoms with Crippen LogP contribution in [-0.4, -0.2) is 24.6 Å². The van der Waals surface area contributed by atoms with Crippen LogP contribution >= 0.6 is 22.6 Å². The maximum absolute atomic E-state index is 13.3. The molecular formula is C25H16FIN2O6. The minimum Gasteiger partial charge on any atom is -0.488 e. The zero-order valence-corrected chi connectivity index (χ0v) is 20.1. The number of halogens is 2. The molecule has 1 N–H and O–H groups in total. The zero-order chi connectivity index (χ0) is 24.5. The van der Waals surface area contributed by atoms with Gasteiger partial charge < -0.3 is 14.2 Å². The Hall–Kier alpha value is -3.93. The lowest BCUT2D eigenvalue weighted by molar-refractivity contribution is -0.122. The number of carbonyl (C=O) groups excluding carboxylic acids is 3. The lowest BCUT2D eigenvalue weighted by Crippen LogP contribution is -2.54. The largest absolute Gasteiger partial charge is 0.488 e. The Kier molecular flexibility index (Phi) is 6.12. The number of amides is 4. The first-order valence-electron chi connectivity index (χ1n) is 10.4. The van der Waals surface area contributed by atoms with E-state index in [-0.39, 0.29) is 18.1 Å². The summed E-state index contributed by atoms with van der Waals surface area (Å²) in [6, 6.07) is 14.7. The number of hydrogen-bond acceptors (Lipinski definition) is 6. The molecule has 2 heterocycles.